The first-order chi connectivity index (χ1) is 9.88. The van der Waals surface area contributed by atoms with E-state index in [-0.39, 0.29) is 0 Å². The van der Waals surface area contributed by atoms with Gasteiger partial charge in [-0.3, -0.25) is 9.48 Å². The second kappa shape index (κ2) is 6.12. The highest BCUT2D eigenvalue weighted by Gasteiger charge is 2.13. The molecule has 4 heteroatoms. The van der Waals surface area contributed by atoms with E-state index in [0.29, 0.717) is 11.5 Å². The minimum atomic E-state index is -0.390. The number of nitrogens with zero attached hydrogens (tertiary/aromatic N) is 2. The monoisotopic (exact) mass is 285 g/mol. The molecule has 1 aromatic heterocycles. The molecule has 0 unspecified atom stereocenters. The van der Waals surface area contributed by atoms with Gasteiger partial charge in [-0.05, 0) is 37.5 Å². The van der Waals surface area contributed by atoms with Crippen LogP contribution in [0.15, 0.2) is 24.3 Å². The van der Waals surface area contributed by atoms with Crippen LogP contribution in [0.1, 0.15) is 46.7 Å². The number of nitrogens with two attached hydrogens (primary N) is 1. The van der Waals surface area contributed by atoms with Gasteiger partial charge < -0.3 is 5.73 Å². The van der Waals surface area contributed by atoms with Crippen molar-refractivity contribution in [1.82, 2.24) is 9.78 Å². The van der Waals surface area contributed by atoms with Crippen LogP contribution in [0.25, 0.3) is 0 Å². The Labute approximate surface area is 126 Å². The molecule has 1 amide bonds. The lowest BCUT2D eigenvalue weighted by molar-refractivity contribution is 0.100. The number of amides is 1. The number of rotatable bonds is 5. The van der Waals surface area contributed by atoms with Crippen molar-refractivity contribution in [3.05, 3.63) is 52.3 Å². The maximum atomic E-state index is 11.1. The van der Waals surface area contributed by atoms with Gasteiger partial charge in [-0.15, -0.1) is 0 Å². The van der Waals surface area contributed by atoms with Crippen molar-refractivity contribution in [1.29, 1.82) is 0 Å². The second-order valence-corrected chi connectivity index (χ2v) is 5.96. The molecule has 0 aliphatic heterocycles. The average Bonchev–Trinajstić information content (AvgIpc) is 2.66. The third-order valence-electron chi connectivity index (χ3n) is 3.69. The lowest BCUT2D eigenvalue weighted by atomic mass is 10.0. The van der Waals surface area contributed by atoms with Crippen LogP contribution in [-0.4, -0.2) is 15.7 Å². The molecule has 0 radical (unpaired) electrons. The fourth-order valence-corrected chi connectivity index (χ4v) is 2.50. The quantitative estimate of drug-likeness (QED) is 0.918. The van der Waals surface area contributed by atoms with E-state index in [1.165, 1.54) is 11.3 Å². The second-order valence-electron chi connectivity index (χ2n) is 5.96. The Morgan fingerprint density at radius 3 is 2.38 bits per heavy atom. The van der Waals surface area contributed by atoms with Crippen LogP contribution in [0.2, 0.25) is 0 Å². The number of carbonyl (C=O) groups excluding carboxylic acids is 1. The van der Waals surface area contributed by atoms with Crippen molar-refractivity contribution in [2.24, 2.45) is 11.7 Å². The summed E-state index contributed by atoms with van der Waals surface area (Å²) in [6.45, 7) is 9.50. The Morgan fingerprint density at radius 1 is 1.24 bits per heavy atom. The first kappa shape index (κ1) is 15.3. The molecule has 0 saturated heterocycles. The van der Waals surface area contributed by atoms with Gasteiger partial charge >= 0.3 is 0 Å². The van der Waals surface area contributed by atoms with E-state index in [9.17, 15) is 4.79 Å². The lowest BCUT2D eigenvalue weighted by Gasteiger charge is -2.08. The predicted octanol–water partition coefficient (Wildman–Crippen LogP) is 2.85. The van der Waals surface area contributed by atoms with Gasteiger partial charge in [0, 0.05) is 29.8 Å². The fourth-order valence-electron chi connectivity index (χ4n) is 2.50. The van der Waals surface area contributed by atoms with Crippen LogP contribution in [0.5, 0.6) is 0 Å². The van der Waals surface area contributed by atoms with E-state index in [2.05, 4.69) is 37.5 Å². The molecule has 4 nitrogen and oxygen atoms in total. The van der Waals surface area contributed by atoms with E-state index in [1.807, 2.05) is 12.1 Å². The molecule has 2 aromatic rings. The van der Waals surface area contributed by atoms with E-state index in [0.717, 1.165) is 24.2 Å². The van der Waals surface area contributed by atoms with Crippen LogP contribution in [0.3, 0.4) is 0 Å². The van der Waals surface area contributed by atoms with E-state index < -0.39 is 5.91 Å². The molecule has 0 aliphatic carbocycles. The molecular weight excluding hydrogens is 262 g/mol. The Balaban J connectivity index is 2.23. The third kappa shape index (κ3) is 3.51. The summed E-state index contributed by atoms with van der Waals surface area (Å²) < 4.78 is 2.09. The Hall–Kier alpha value is -2.10. The molecule has 112 valence electrons. The molecule has 0 aliphatic rings. The van der Waals surface area contributed by atoms with Gasteiger partial charge in [-0.25, -0.2) is 0 Å². The fraction of sp³-hybridized carbons (Fsp3) is 0.412. The summed E-state index contributed by atoms with van der Waals surface area (Å²) >= 11 is 0. The maximum Gasteiger partial charge on any atom is 0.248 e. The molecular formula is C17H23N3O. The molecule has 0 atom stereocenters. The van der Waals surface area contributed by atoms with Crippen molar-refractivity contribution in [3.8, 4) is 0 Å². The first-order valence-corrected chi connectivity index (χ1v) is 7.30. The van der Waals surface area contributed by atoms with Crippen LogP contribution < -0.4 is 5.73 Å². The van der Waals surface area contributed by atoms with Gasteiger partial charge in [-0.2, -0.15) is 5.10 Å². The Morgan fingerprint density at radius 2 is 1.86 bits per heavy atom. The molecule has 0 saturated carbocycles. The zero-order valence-corrected chi connectivity index (χ0v) is 13.2. The topological polar surface area (TPSA) is 60.9 Å². The molecule has 2 N–H and O–H groups in total. The summed E-state index contributed by atoms with van der Waals surface area (Å²) in [5.41, 5.74) is 10.5. The summed E-state index contributed by atoms with van der Waals surface area (Å²) in [7, 11) is 0. The standard InChI is InChI=1S/C17H23N3O/c1-11(2)10-20-13(4)16(12(3)19-20)9-14-5-7-15(8-6-14)17(18)21/h5-8,11H,9-10H2,1-4H3,(H2,18,21). The van der Waals surface area contributed by atoms with Crippen LogP contribution in [-0.2, 0) is 13.0 Å². The summed E-state index contributed by atoms with van der Waals surface area (Å²) in [6.07, 6.45) is 0.828. The minimum Gasteiger partial charge on any atom is -0.366 e. The van der Waals surface area contributed by atoms with E-state index in [1.54, 1.807) is 12.1 Å². The zero-order chi connectivity index (χ0) is 15.6. The Bertz CT molecular complexity index is 639. The molecule has 2 rings (SSSR count). The number of primary amides is 1. The molecule has 21 heavy (non-hydrogen) atoms. The zero-order valence-electron chi connectivity index (χ0n) is 13.2. The van der Waals surface area contributed by atoms with Crippen LogP contribution in [0, 0.1) is 19.8 Å². The minimum absolute atomic E-state index is 0.390. The van der Waals surface area contributed by atoms with E-state index in [4.69, 9.17) is 5.73 Å². The summed E-state index contributed by atoms with van der Waals surface area (Å²) in [5, 5.41) is 4.63. The summed E-state index contributed by atoms with van der Waals surface area (Å²) in [5.74, 6) is 0.185. The lowest BCUT2D eigenvalue weighted by Crippen LogP contribution is -2.10. The highest BCUT2D eigenvalue weighted by Crippen LogP contribution is 2.19. The smallest absolute Gasteiger partial charge is 0.248 e. The van der Waals surface area contributed by atoms with Crippen molar-refractivity contribution < 1.29 is 4.79 Å². The molecule has 1 aromatic carbocycles. The molecule has 0 fully saturated rings. The van der Waals surface area contributed by atoms with Crippen molar-refractivity contribution in [2.75, 3.05) is 0 Å². The maximum absolute atomic E-state index is 11.1. The molecule has 0 spiro atoms. The highest BCUT2D eigenvalue weighted by atomic mass is 16.1. The predicted molar refractivity (Wildman–Crippen MR) is 84.3 cm³/mol. The number of aryl methyl sites for hydroxylation is 1. The van der Waals surface area contributed by atoms with Gasteiger partial charge in [0.05, 0.1) is 5.69 Å². The number of hydrogen-bond acceptors (Lipinski definition) is 2. The van der Waals surface area contributed by atoms with Crippen LogP contribution >= 0.6 is 0 Å². The Kier molecular flexibility index (Phi) is 4.46. The van der Waals surface area contributed by atoms with Gasteiger partial charge in [0.25, 0.3) is 0 Å². The number of aromatic nitrogens is 2. The number of benzene rings is 1. The SMILES string of the molecule is Cc1nn(CC(C)C)c(C)c1Cc1ccc(C(N)=O)cc1. The normalized spacial score (nSPS) is 11.1. The number of carbonyl (C=O) groups is 1. The van der Waals surface area contributed by atoms with Gasteiger partial charge in [0.15, 0.2) is 0 Å². The average molecular weight is 285 g/mol. The molecule has 1 heterocycles. The molecule has 0 bridgehead atoms. The largest absolute Gasteiger partial charge is 0.366 e. The van der Waals surface area contributed by atoms with Crippen molar-refractivity contribution in [3.63, 3.8) is 0 Å². The summed E-state index contributed by atoms with van der Waals surface area (Å²) in [6, 6.07) is 7.47. The van der Waals surface area contributed by atoms with Gasteiger partial charge in [0.1, 0.15) is 0 Å². The van der Waals surface area contributed by atoms with Crippen LogP contribution in [0.4, 0.5) is 0 Å². The highest BCUT2D eigenvalue weighted by molar-refractivity contribution is 5.92. The first-order valence-electron chi connectivity index (χ1n) is 7.30. The van der Waals surface area contributed by atoms with E-state index >= 15 is 0 Å². The number of hydrogen-bond donors (Lipinski definition) is 1. The van der Waals surface area contributed by atoms with Crippen molar-refractivity contribution >= 4 is 5.91 Å². The van der Waals surface area contributed by atoms with Crippen molar-refractivity contribution in [2.45, 2.75) is 40.7 Å². The van der Waals surface area contributed by atoms with Gasteiger partial charge in [0.2, 0.25) is 5.91 Å². The van der Waals surface area contributed by atoms with Gasteiger partial charge in [-0.1, -0.05) is 26.0 Å². The summed E-state index contributed by atoms with van der Waals surface area (Å²) in [4.78, 5) is 11.1. The third-order valence-corrected chi connectivity index (χ3v) is 3.69.